The van der Waals surface area contributed by atoms with Crippen molar-refractivity contribution < 1.29 is 40.7 Å². The zero-order valence-corrected chi connectivity index (χ0v) is 22.3. The topological polar surface area (TPSA) is 224 Å². The number of halogens is 4. The maximum Gasteiger partial charge on any atom is 0.190 e. The van der Waals surface area contributed by atoms with Gasteiger partial charge in [-0.05, 0) is 75.9 Å². The third kappa shape index (κ3) is 9.58. The van der Waals surface area contributed by atoms with Crippen LogP contribution in [0.5, 0.6) is 0 Å². The summed E-state index contributed by atoms with van der Waals surface area (Å²) in [6, 6.07) is 7.37. The molecule has 0 spiro atoms. The quantitative estimate of drug-likeness (QED) is 0.348. The number of nitrogens with two attached hydrogens (primary N) is 2. The highest BCUT2D eigenvalue weighted by Gasteiger charge is 2.19. The lowest BCUT2D eigenvalue weighted by molar-refractivity contribution is -0.377. The Kier molecular flexibility index (Phi) is 15.7. The number of nitrogens with one attached hydrogen (secondary N) is 2. The van der Waals surface area contributed by atoms with E-state index >= 15 is 0 Å². The first-order chi connectivity index (χ1) is 14.1. The molecule has 3 rings (SSSR count). The highest BCUT2D eigenvalue weighted by atomic mass is 79.9. The van der Waals surface area contributed by atoms with Crippen molar-refractivity contribution in [1.82, 2.24) is 0 Å². The van der Waals surface area contributed by atoms with Gasteiger partial charge in [0.2, 0.25) is 0 Å². The molecule has 2 heterocycles. The van der Waals surface area contributed by atoms with Crippen molar-refractivity contribution in [3.05, 3.63) is 78.1 Å². The van der Waals surface area contributed by atoms with Gasteiger partial charge in [-0.3, -0.25) is 0 Å². The van der Waals surface area contributed by atoms with Crippen molar-refractivity contribution in [3.63, 3.8) is 0 Å². The third-order valence-electron chi connectivity index (χ3n) is 3.13. The summed E-state index contributed by atoms with van der Waals surface area (Å²) in [5, 5.41) is 21.7. The average molecular weight is 706 g/mol. The molecule has 3 aromatic rings. The van der Waals surface area contributed by atoms with Crippen LogP contribution in [0, 0.1) is 0 Å². The van der Waals surface area contributed by atoms with Crippen molar-refractivity contribution in [2.45, 2.75) is 0 Å². The molecule has 174 valence electrons. The number of hydrogen-bond acceptors (Lipinski definition) is 6. The molecule has 10 N–H and O–H groups in total. The van der Waals surface area contributed by atoms with Gasteiger partial charge in [-0.2, -0.15) is 0 Å². The Balaban J connectivity index is 0. The number of aromatic carboxylic acids is 2. The summed E-state index contributed by atoms with van der Waals surface area (Å²) in [4.78, 5) is 27.4. The molecular formula is C18H18Br4N4O6. The molecule has 0 amide bonds. The summed E-state index contributed by atoms with van der Waals surface area (Å²) < 4.78 is 0.284. The number of pyridine rings is 2. The monoisotopic (exact) mass is 702 g/mol. The minimum atomic E-state index is -1.44. The second kappa shape index (κ2) is 15.7. The Morgan fingerprint density at radius 3 is 1.09 bits per heavy atom. The summed E-state index contributed by atoms with van der Waals surface area (Å²) in [5.41, 5.74) is 11.8. The number of benzene rings is 1. The van der Waals surface area contributed by atoms with Crippen molar-refractivity contribution in [2.24, 2.45) is 0 Å². The molecule has 2 aromatic heterocycles. The zero-order valence-electron chi connectivity index (χ0n) is 15.9. The highest BCUT2D eigenvalue weighted by molar-refractivity contribution is 9.14. The summed E-state index contributed by atoms with van der Waals surface area (Å²) in [7, 11) is 0. The second-order valence-corrected chi connectivity index (χ2v) is 8.43. The lowest BCUT2D eigenvalue weighted by Gasteiger charge is -2.17. The number of rotatable bonds is 2. The van der Waals surface area contributed by atoms with Gasteiger partial charge in [0.05, 0.1) is 23.3 Å². The van der Waals surface area contributed by atoms with E-state index in [2.05, 4.69) is 73.7 Å². The zero-order chi connectivity index (χ0) is 22.8. The molecule has 0 aliphatic carbocycles. The summed E-state index contributed by atoms with van der Waals surface area (Å²) in [6.45, 7) is 0. The van der Waals surface area contributed by atoms with Gasteiger partial charge in [-0.25, -0.2) is 9.97 Å². The molecular weight excluding hydrogens is 688 g/mol. The molecule has 1 aromatic carbocycles. The van der Waals surface area contributed by atoms with Crippen LogP contribution < -0.4 is 31.6 Å². The van der Waals surface area contributed by atoms with Crippen LogP contribution >= 0.6 is 63.7 Å². The number of nitrogen functional groups attached to an aromatic ring is 2. The number of aromatic amines is 2. The molecule has 0 aliphatic heterocycles. The number of carboxylic acid groups (broad SMARTS) is 2. The standard InChI is InChI=1S/C8H2Br4O4.2C5H6N2.2H2O/c9-3-1(7(13)14)4(10)6(12)2(5(3)11)8(15)16;2*6-5-2-1-3-7-4-5;;/h(H,13,14)(H,15,16);2*1-4H,6H2;2*1H2. The third-order valence-corrected chi connectivity index (χ3v) is 7.37. The predicted octanol–water partition coefficient (Wildman–Crippen LogP) is -0.0200. The van der Waals surface area contributed by atoms with Gasteiger partial charge >= 0.3 is 0 Å². The minimum Gasteiger partial charge on any atom is -0.545 e. The Morgan fingerprint density at radius 1 is 0.688 bits per heavy atom. The predicted molar refractivity (Wildman–Crippen MR) is 128 cm³/mol. The van der Waals surface area contributed by atoms with Crippen LogP contribution in [0.25, 0.3) is 0 Å². The molecule has 0 unspecified atom stereocenters. The van der Waals surface area contributed by atoms with E-state index < -0.39 is 11.9 Å². The molecule has 10 nitrogen and oxygen atoms in total. The maximum absolute atomic E-state index is 10.9. The summed E-state index contributed by atoms with van der Waals surface area (Å²) >= 11 is 11.9. The van der Waals surface area contributed by atoms with Gasteiger partial charge in [0, 0.05) is 41.2 Å². The number of anilines is 2. The van der Waals surface area contributed by atoms with E-state index in [0.717, 1.165) is 11.4 Å². The Morgan fingerprint density at radius 2 is 0.969 bits per heavy atom. The lowest BCUT2D eigenvalue weighted by atomic mass is 10.1. The van der Waals surface area contributed by atoms with Crippen LogP contribution in [0.1, 0.15) is 20.7 Å². The van der Waals surface area contributed by atoms with Crippen LogP contribution in [0.2, 0.25) is 0 Å². The molecule has 0 bridgehead atoms. The fourth-order valence-corrected chi connectivity index (χ4v) is 4.57. The summed E-state index contributed by atoms with van der Waals surface area (Å²) in [5.74, 6) is -2.88. The van der Waals surface area contributed by atoms with Crippen LogP contribution in [0.4, 0.5) is 11.4 Å². The molecule has 0 fully saturated rings. The minimum absolute atomic E-state index is 0. The van der Waals surface area contributed by atoms with Crippen LogP contribution in [-0.2, 0) is 0 Å². The first-order valence-electron chi connectivity index (χ1n) is 7.79. The van der Waals surface area contributed by atoms with Crippen molar-refractivity contribution in [2.75, 3.05) is 11.5 Å². The molecule has 0 saturated carbocycles. The number of carbonyl (C=O) groups excluding carboxylic acids is 2. The van der Waals surface area contributed by atoms with Gasteiger partial charge in [0.25, 0.3) is 0 Å². The Hall–Kier alpha value is -2.10. The van der Waals surface area contributed by atoms with E-state index in [0.29, 0.717) is 0 Å². The van der Waals surface area contributed by atoms with Crippen molar-refractivity contribution in [3.8, 4) is 0 Å². The summed E-state index contributed by atoms with van der Waals surface area (Å²) in [6.07, 6.45) is 7.10. The molecule has 0 saturated heterocycles. The first kappa shape index (κ1) is 32.1. The van der Waals surface area contributed by atoms with E-state index in [-0.39, 0.29) is 40.0 Å². The van der Waals surface area contributed by atoms with E-state index in [1.165, 1.54) is 0 Å². The Labute approximate surface area is 216 Å². The molecule has 14 heteroatoms. The largest absolute Gasteiger partial charge is 0.545 e. The van der Waals surface area contributed by atoms with Crippen molar-refractivity contribution in [1.29, 1.82) is 0 Å². The SMILES string of the molecule is Nc1ccc[nH+]c1.Nc1ccc[nH+]c1.O.O.O=C([O-])c1c(Br)c(Br)c(C(=O)[O-])c(Br)c1Br. The normalized spacial score (nSPS) is 8.88. The fraction of sp³-hybridized carbons (Fsp3) is 0. The van der Waals surface area contributed by atoms with Gasteiger partial charge < -0.3 is 42.2 Å². The number of aromatic nitrogens is 2. The van der Waals surface area contributed by atoms with Gasteiger partial charge in [-0.15, -0.1) is 0 Å². The number of H-pyrrole nitrogens is 2. The molecule has 0 atom stereocenters. The van der Waals surface area contributed by atoms with Gasteiger partial charge in [0.15, 0.2) is 24.8 Å². The number of carboxylic acids is 2. The number of carbonyl (C=O) groups is 2. The Bertz CT molecular complexity index is 915. The van der Waals surface area contributed by atoms with Gasteiger partial charge in [-0.1, -0.05) is 0 Å². The fourth-order valence-electron chi connectivity index (χ4n) is 1.80. The smallest absolute Gasteiger partial charge is 0.190 e. The maximum atomic E-state index is 10.9. The molecule has 0 radical (unpaired) electrons. The van der Waals surface area contributed by atoms with Crippen molar-refractivity contribution >= 4 is 87.0 Å². The molecule has 0 aliphatic rings. The first-order valence-corrected chi connectivity index (χ1v) is 11.0. The van der Waals surface area contributed by atoms with Crippen LogP contribution in [0.15, 0.2) is 66.9 Å². The van der Waals surface area contributed by atoms with E-state index in [9.17, 15) is 19.8 Å². The van der Waals surface area contributed by atoms with E-state index in [1.54, 1.807) is 12.4 Å². The van der Waals surface area contributed by atoms with Crippen LogP contribution in [0.3, 0.4) is 0 Å². The average Bonchev–Trinajstić information content (AvgIpc) is 2.68. The van der Waals surface area contributed by atoms with Gasteiger partial charge in [0.1, 0.15) is 0 Å². The van der Waals surface area contributed by atoms with E-state index in [1.807, 2.05) is 36.7 Å². The second-order valence-electron chi connectivity index (χ2n) is 5.25. The molecule has 32 heavy (non-hydrogen) atoms. The highest BCUT2D eigenvalue weighted by Crippen LogP contribution is 2.41. The lowest BCUT2D eigenvalue weighted by Crippen LogP contribution is -2.27. The number of hydrogen-bond donors (Lipinski definition) is 2. The van der Waals surface area contributed by atoms with E-state index in [4.69, 9.17) is 11.5 Å². The van der Waals surface area contributed by atoms with Crippen LogP contribution in [-0.4, -0.2) is 22.9 Å².